The Morgan fingerprint density at radius 2 is 1.82 bits per heavy atom. The van der Waals surface area contributed by atoms with Crippen LogP contribution in [0.5, 0.6) is 5.75 Å². The Morgan fingerprint density at radius 1 is 1.09 bits per heavy atom. The molecule has 6 heteroatoms. The lowest BCUT2D eigenvalue weighted by molar-refractivity contribution is -0.136. The predicted octanol–water partition coefficient (Wildman–Crippen LogP) is 4.08. The number of ether oxygens (including phenoxy) is 1. The zero-order valence-electron chi connectivity index (χ0n) is 19.0. The van der Waals surface area contributed by atoms with E-state index in [9.17, 15) is 15.2 Å². The summed E-state index contributed by atoms with van der Waals surface area (Å²) in [4.78, 5) is 10.7. The molecule has 0 heterocycles. The fraction of sp³-hybridized carbons (Fsp3) is 0.333. The molecule has 0 aliphatic carbocycles. The topological polar surface area (TPSA) is 103 Å². The minimum atomic E-state index is -0.881. The van der Waals surface area contributed by atoms with Crippen molar-refractivity contribution in [3.63, 3.8) is 0 Å². The van der Waals surface area contributed by atoms with Crippen molar-refractivity contribution in [3.05, 3.63) is 77.4 Å². The molecule has 3 rings (SSSR count). The van der Waals surface area contributed by atoms with Gasteiger partial charge in [-0.3, -0.25) is 4.79 Å². The van der Waals surface area contributed by atoms with Crippen molar-refractivity contribution in [1.29, 1.82) is 5.26 Å². The number of aliphatic hydroxyl groups is 1. The van der Waals surface area contributed by atoms with Gasteiger partial charge in [0.15, 0.2) is 0 Å². The SMILES string of the molecule is CC(C)(Cc1ccc2ccccc2c1)NCC(O)COc1ccc(CCC(=O)O)cc1C#N. The Labute approximate surface area is 194 Å². The molecular weight excluding hydrogens is 416 g/mol. The number of aliphatic carboxylic acids is 1. The third-order valence-electron chi connectivity index (χ3n) is 5.50. The minimum Gasteiger partial charge on any atom is -0.489 e. The number of aryl methyl sites for hydroxylation is 1. The molecular formula is C27H30N2O4. The Bertz CT molecular complexity index is 1150. The number of fused-ring (bicyclic) bond motifs is 1. The van der Waals surface area contributed by atoms with Gasteiger partial charge in [-0.1, -0.05) is 48.5 Å². The number of carboxylic acids is 1. The van der Waals surface area contributed by atoms with E-state index in [1.54, 1.807) is 18.2 Å². The number of nitriles is 1. The van der Waals surface area contributed by atoms with Crippen molar-refractivity contribution >= 4 is 16.7 Å². The molecule has 3 aromatic rings. The van der Waals surface area contributed by atoms with Crippen LogP contribution in [0.25, 0.3) is 10.8 Å². The number of rotatable bonds is 11. The molecule has 0 fully saturated rings. The summed E-state index contributed by atoms with van der Waals surface area (Å²) in [6.45, 7) is 4.58. The van der Waals surface area contributed by atoms with Gasteiger partial charge in [0.25, 0.3) is 0 Å². The van der Waals surface area contributed by atoms with E-state index < -0.39 is 12.1 Å². The number of nitrogens with one attached hydrogen (secondary N) is 1. The monoisotopic (exact) mass is 446 g/mol. The van der Waals surface area contributed by atoms with E-state index in [2.05, 4.69) is 55.6 Å². The molecule has 33 heavy (non-hydrogen) atoms. The average molecular weight is 447 g/mol. The number of carbonyl (C=O) groups is 1. The first-order valence-corrected chi connectivity index (χ1v) is 11.0. The molecule has 0 amide bonds. The lowest BCUT2D eigenvalue weighted by atomic mass is 9.93. The normalized spacial score (nSPS) is 12.3. The lowest BCUT2D eigenvalue weighted by Crippen LogP contribution is -2.46. The van der Waals surface area contributed by atoms with Gasteiger partial charge in [-0.25, -0.2) is 0 Å². The van der Waals surface area contributed by atoms with Gasteiger partial charge in [0.05, 0.1) is 5.56 Å². The summed E-state index contributed by atoms with van der Waals surface area (Å²) in [7, 11) is 0. The smallest absolute Gasteiger partial charge is 0.303 e. The average Bonchev–Trinajstić information content (AvgIpc) is 2.80. The second-order valence-electron chi connectivity index (χ2n) is 8.92. The molecule has 0 saturated heterocycles. The highest BCUT2D eigenvalue weighted by Gasteiger charge is 2.20. The molecule has 1 atom stereocenters. The summed E-state index contributed by atoms with van der Waals surface area (Å²) in [6, 6.07) is 21.8. The van der Waals surface area contributed by atoms with Crippen molar-refractivity contribution in [1.82, 2.24) is 5.32 Å². The van der Waals surface area contributed by atoms with Crippen LogP contribution in [0.3, 0.4) is 0 Å². The molecule has 0 aromatic heterocycles. The number of hydrogen-bond acceptors (Lipinski definition) is 5. The number of β-amino-alcohol motifs (C(OH)–C–C–N with tert-alkyl or cyclic N) is 1. The van der Waals surface area contributed by atoms with Crippen molar-refractivity contribution in [2.75, 3.05) is 13.2 Å². The molecule has 0 spiro atoms. The largest absolute Gasteiger partial charge is 0.489 e. The predicted molar refractivity (Wildman–Crippen MR) is 128 cm³/mol. The maximum Gasteiger partial charge on any atom is 0.303 e. The molecule has 0 aliphatic rings. The molecule has 1 unspecified atom stereocenters. The Hall–Kier alpha value is -3.40. The van der Waals surface area contributed by atoms with Crippen molar-refractivity contribution < 1.29 is 19.7 Å². The van der Waals surface area contributed by atoms with Gasteiger partial charge in [-0.15, -0.1) is 0 Å². The van der Waals surface area contributed by atoms with Gasteiger partial charge in [0, 0.05) is 18.5 Å². The van der Waals surface area contributed by atoms with Gasteiger partial charge >= 0.3 is 5.97 Å². The molecule has 172 valence electrons. The van der Waals surface area contributed by atoms with Crippen molar-refractivity contribution in [2.24, 2.45) is 0 Å². The summed E-state index contributed by atoms with van der Waals surface area (Å²) in [5.74, 6) is -0.501. The standard InChI is InChI=1S/C27H30N2O4/c1-27(2,15-20-7-10-21-5-3-4-6-22(21)14-20)29-17-24(30)18-33-25-11-8-19(9-12-26(31)32)13-23(25)16-28/h3-8,10-11,13-14,24,29-30H,9,12,15,17-18H2,1-2H3,(H,31,32). The molecule has 6 nitrogen and oxygen atoms in total. The fourth-order valence-electron chi connectivity index (χ4n) is 3.76. The van der Waals surface area contributed by atoms with Crippen LogP contribution in [0, 0.1) is 11.3 Å². The minimum absolute atomic E-state index is 0.00441. The number of aliphatic hydroxyl groups excluding tert-OH is 1. The first-order chi connectivity index (χ1) is 15.8. The van der Waals surface area contributed by atoms with Gasteiger partial charge in [-0.2, -0.15) is 5.26 Å². The van der Waals surface area contributed by atoms with Crippen LogP contribution in [-0.2, 0) is 17.6 Å². The summed E-state index contributed by atoms with van der Waals surface area (Å²) in [6.07, 6.45) is 0.411. The molecule has 3 N–H and O–H groups in total. The van der Waals surface area contributed by atoms with E-state index >= 15 is 0 Å². The highest BCUT2D eigenvalue weighted by atomic mass is 16.5. The van der Waals surface area contributed by atoms with Crippen LogP contribution in [-0.4, -0.2) is 41.0 Å². The first kappa shape index (κ1) is 24.2. The Balaban J connectivity index is 1.51. The Morgan fingerprint density at radius 3 is 2.55 bits per heavy atom. The van der Waals surface area contributed by atoms with Gasteiger partial charge in [0.2, 0.25) is 0 Å². The van der Waals surface area contributed by atoms with Gasteiger partial charge in [-0.05, 0) is 60.7 Å². The zero-order valence-corrected chi connectivity index (χ0v) is 19.0. The lowest BCUT2D eigenvalue weighted by Gasteiger charge is -2.28. The highest BCUT2D eigenvalue weighted by molar-refractivity contribution is 5.83. The molecule has 0 radical (unpaired) electrons. The zero-order chi connectivity index (χ0) is 23.8. The van der Waals surface area contributed by atoms with E-state index in [1.165, 1.54) is 16.3 Å². The summed E-state index contributed by atoms with van der Waals surface area (Å²) >= 11 is 0. The van der Waals surface area contributed by atoms with Crippen LogP contribution in [0.2, 0.25) is 0 Å². The fourth-order valence-corrected chi connectivity index (χ4v) is 3.76. The molecule has 0 aliphatic heterocycles. The maximum atomic E-state index is 10.7. The van der Waals surface area contributed by atoms with E-state index in [0.29, 0.717) is 24.3 Å². The van der Waals surface area contributed by atoms with Crippen molar-refractivity contribution in [2.45, 2.75) is 44.8 Å². The third kappa shape index (κ3) is 7.31. The number of nitrogens with zero attached hydrogens (tertiary/aromatic N) is 1. The maximum absolute atomic E-state index is 10.7. The first-order valence-electron chi connectivity index (χ1n) is 11.0. The highest BCUT2D eigenvalue weighted by Crippen LogP contribution is 2.21. The quantitative estimate of drug-likeness (QED) is 0.410. The van der Waals surface area contributed by atoms with Crippen LogP contribution in [0.4, 0.5) is 0 Å². The third-order valence-corrected chi connectivity index (χ3v) is 5.50. The van der Waals surface area contributed by atoms with Gasteiger partial charge < -0.3 is 20.3 Å². The second-order valence-corrected chi connectivity index (χ2v) is 8.92. The second kappa shape index (κ2) is 11.0. The van der Waals surface area contributed by atoms with Crippen molar-refractivity contribution in [3.8, 4) is 11.8 Å². The molecule has 0 bridgehead atoms. The summed E-state index contributed by atoms with van der Waals surface area (Å²) < 4.78 is 5.67. The molecule has 0 saturated carbocycles. The van der Waals surface area contributed by atoms with Gasteiger partial charge in [0.1, 0.15) is 24.5 Å². The number of hydrogen-bond donors (Lipinski definition) is 3. The number of benzene rings is 3. The van der Waals surface area contributed by atoms with E-state index in [4.69, 9.17) is 9.84 Å². The van der Waals surface area contributed by atoms with Crippen LogP contribution in [0.1, 0.15) is 37.0 Å². The molecule has 3 aromatic carbocycles. The summed E-state index contributed by atoms with van der Waals surface area (Å²) in [5, 5.41) is 34.4. The van der Waals surface area contributed by atoms with Crippen LogP contribution < -0.4 is 10.1 Å². The number of carboxylic acid groups (broad SMARTS) is 1. The van der Waals surface area contributed by atoms with E-state index in [0.717, 1.165) is 12.0 Å². The van der Waals surface area contributed by atoms with E-state index in [-0.39, 0.29) is 18.6 Å². The van der Waals surface area contributed by atoms with Crippen LogP contribution in [0.15, 0.2) is 60.7 Å². The van der Waals surface area contributed by atoms with Crippen LogP contribution >= 0.6 is 0 Å². The summed E-state index contributed by atoms with van der Waals surface area (Å²) in [5.41, 5.74) is 2.08. The van der Waals surface area contributed by atoms with E-state index in [1.807, 2.05) is 12.1 Å². The Kier molecular flexibility index (Phi) is 8.05.